The van der Waals surface area contributed by atoms with E-state index in [9.17, 15) is 4.79 Å². The number of aromatic nitrogens is 2. The van der Waals surface area contributed by atoms with E-state index in [0.717, 1.165) is 0 Å². The number of morpholine rings is 1. The predicted octanol–water partition coefficient (Wildman–Crippen LogP) is -1.07. The van der Waals surface area contributed by atoms with Crippen molar-refractivity contribution in [1.82, 2.24) is 9.97 Å². The topological polar surface area (TPSA) is 84.2 Å². The summed E-state index contributed by atoms with van der Waals surface area (Å²) in [6.45, 7) is 2.34. The molecular weight excluding hydrogens is 196 g/mol. The Hall–Kier alpha value is -1.40. The van der Waals surface area contributed by atoms with Gasteiger partial charge in [0.2, 0.25) is 0 Å². The van der Waals surface area contributed by atoms with Gasteiger partial charge >= 0.3 is 0 Å². The van der Waals surface area contributed by atoms with Crippen LogP contribution in [0.15, 0.2) is 17.2 Å². The number of nitrogens with zero attached hydrogens (tertiary/aromatic N) is 2. The molecule has 0 amide bonds. The summed E-state index contributed by atoms with van der Waals surface area (Å²) in [6, 6.07) is 0. The molecule has 6 nitrogen and oxygen atoms in total. The van der Waals surface area contributed by atoms with Crippen LogP contribution in [-0.4, -0.2) is 42.3 Å². The van der Waals surface area contributed by atoms with Crippen LogP contribution in [0.5, 0.6) is 0 Å². The molecule has 1 unspecified atom stereocenters. The van der Waals surface area contributed by atoms with Crippen molar-refractivity contribution in [2.45, 2.75) is 6.10 Å². The standard InChI is InChI=1S/C9H14N4O2/c10-5-7-6-13(3-4-15-7)8-9(14)12-2-1-11-8/h1-2,7H,3-6,10H2,(H,12,14). The third-order valence-corrected chi connectivity index (χ3v) is 2.39. The molecule has 2 heterocycles. The van der Waals surface area contributed by atoms with E-state index in [1.807, 2.05) is 4.90 Å². The first-order valence-electron chi connectivity index (χ1n) is 4.91. The molecule has 6 heteroatoms. The molecule has 0 aromatic carbocycles. The van der Waals surface area contributed by atoms with Gasteiger partial charge in [-0.3, -0.25) is 4.79 Å². The molecule has 1 aliphatic rings. The summed E-state index contributed by atoms with van der Waals surface area (Å²) in [5, 5.41) is 0. The molecule has 82 valence electrons. The van der Waals surface area contributed by atoms with Crippen molar-refractivity contribution in [3.8, 4) is 0 Å². The van der Waals surface area contributed by atoms with Crippen LogP contribution in [0.4, 0.5) is 5.82 Å². The summed E-state index contributed by atoms with van der Waals surface area (Å²) in [6.07, 6.45) is 3.08. The molecule has 3 N–H and O–H groups in total. The lowest BCUT2D eigenvalue weighted by Crippen LogP contribution is -2.47. The van der Waals surface area contributed by atoms with E-state index in [1.54, 1.807) is 6.20 Å². The van der Waals surface area contributed by atoms with Crippen molar-refractivity contribution in [3.05, 3.63) is 22.7 Å². The number of nitrogens with two attached hydrogens (primary N) is 1. The molecular formula is C9H14N4O2. The SMILES string of the molecule is NCC1CN(c2ncc[nH]c2=O)CCO1. The maximum absolute atomic E-state index is 11.5. The molecule has 1 saturated heterocycles. The first-order valence-corrected chi connectivity index (χ1v) is 4.91. The fourth-order valence-corrected chi connectivity index (χ4v) is 1.62. The molecule has 1 aromatic rings. The van der Waals surface area contributed by atoms with Crippen LogP contribution in [0.2, 0.25) is 0 Å². The number of H-pyrrole nitrogens is 1. The molecule has 15 heavy (non-hydrogen) atoms. The van der Waals surface area contributed by atoms with Crippen molar-refractivity contribution in [2.75, 3.05) is 31.1 Å². The fourth-order valence-electron chi connectivity index (χ4n) is 1.62. The molecule has 2 rings (SSSR count). The summed E-state index contributed by atoms with van der Waals surface area (Å²) in [7, 11) is 0. The van der Waals surface area contributed by atoms with Gasteiger partial charge in [0.25, 0.3) is 5.56 Å². The van der Waals surface area contributed by atoms with E-state index < -0.39 is 0 Å². The van der Waals surface area contributed by atoms with Crippen molar-refractivity contribution < 1.29 is 4.74 Å². The highest BCUT2D eigenvalue weighted by atomic mass is 16.5. The number of nitrogens with one attached hydrogen (secondary N) is 1. The maximum Gasteiger partial charge on any atom is 0.290 e. The molecule has 1 fully saturated rings. The van der Waals surface area contributed by atoms with E-state index in [4.69, 9.17) is 10.5 Å². The molecule has 1 aromatic heterocycles. The Morgan fingerprint density at radius 1 is 1.73 bits per heavy atom. The minimum absolute atomic E-state index is 0.0137. The lowest BCUT2D eigenvalue weighted by molar-refractivity contribution is 0.0462. The molecule has 0 radical (unpaired) electrons. The Morgan fingerprint density at radius 3 is 3.33 bits per heavy atom. The minimum Gasteiger partial charge on any atom is -0.373 e. The zero-order chi connectivity index (χ0) is 10.7. The van der Waals surface area contributed by atoms with Crippen LogP contribution in [0.25, 0.3) is 0 Å². The fraction of sp³-hybridized carbons (Fsp3) is 0.556. The number of aromatic amines is 1. The zero-order valence-electron chi connectivity index (χ0n) is 8.35. The van der Waals surface area contributed by atoms with Gasteiger partial charge in [-0.2, -0.15) is 0 Å². The summed E-state index contributed by atoms with van der Waals surface area (Å²) in [5.41, 5.74) is 5.35. The van der Waals surface area contributed by atoms with Gasteiger partial charge in [-0.1, -0.05) is 0 Å². The van der Waals surface area contributed by atoms with Gasteiger partial charge in [-0.05, 0) is 0 Å². The average Bonchev–Trinajstić information content (AvgIpc) is 2.30. The molecule has 1 atom stereocenters. The van der Waals surface area contributed by atoms with E-state index in [0.29, 0.717) is 32.1 Å². The van der Waals surface area contributed by atoms with Crippen LogP contribution in [0.1, 0.15) is 0 Å². The average molecular weight is 210 g/mol. The third kappa shape index (κ3) is 2.16. The Balaban J connectivity index is 2.17. The first kappa shape index (κ1) is 10.1. The zero-order valence-corrected chi connectivity index (χ0v) is 8.35. The Kier molecular flexibility index (Phi) is 2.98. The monoisotopic (exact) mass is 210 g/mol. The molecule has 0 saturated carbocycles. The number of hydrogen-bond acceptors (Lipinski definition) is 5. The van der Waals surface area contributed by atoms with E-state index in [2.05, 4.69) is 9.97 Å². The first-order chi connectivity index (χ1) is 7.31. The highest BCUT2D eigenvalue weighted by molar-refractivity contribution is 5.35. The predicted molar refractivity (Wildman–Crippen MR) is 55.9 cm³/mol. The summed E-state index contributed by atoms with van der Waals surface area (Å²) < 4.78 is 5.41. The quantitative estimate of drug-likeness (QED) is 0.649. The van der Waals surface area contributed by atoms with Gasteiger partial charge in [0.1, 0.15) is 0 Å². The van der Waals surface area contributed by atoms with Crippen LogP contribution in [0, 0.1) is 0 Å². The third-order valence-electron chi connectivity index (χ3n) is 2.39. The molecule has 1 aliphatic heterocycles. The second-order valence-corrected chi connectivity index (χ2v) is 3.42. The largest absolute Gasteiger partial charge is 0.373 e. The van der Waals surface area contributed by atoms with Crippen molar-refractivity contribution in [2.24, 2.45) is 5.73 Å². The summed E-state index contributed by atoms with van der Waals surface area (Å²) in [4.78, 5) is 20.0. The van der Waals surface area contributed by atoms with E-state index in [-0.39, 0.29) is 11.7 Å². The molecule has 0 aliphatic carbocycles. The van der Waals surface area contributed by atoms with E-state index >= 15 is 0 Å². The van der Waals surface area contributed by atoms with Crippen LogP contribution >= 0.6 is 0 Å². The van der Waals surface area contributed by atoms with Gasteiger partial charge < -0.3 is 20.4 Å². The second kappa shape index (κ2) is 4.41. The molecule has 0 spiro atoms. The lowest BCUT2D eigenvalue weighted by Gasteiger charge is -2.32. The van der Waals surface area contributed by atoms with Crippen molar-refractivity contribution >= 4 is 5.82 Å². The Morgan fingerprint density at radius 2 is 2.60 bits per heavy atom. The van der Waals surface area contributed by atoms with E-state index in [1.165, 1.54) is 6.20 Å². The highest BCUT2D eigenvalue weighted by Gasteiger charge is 2.21. The van der Waals surface area contributed by atoms with Gasteiger partial charge in [-0.25, -0.2) is 4.98 Å². The van der Waals surface area contributed by atoms with Crippen LogP contribution in [-0.2, 0) is 4.74 Å². The number of rotatable bonds is 2. The van der Waals surface area contributed by atoms with Crippen molar-refractivity contribution in [3.63, 3.8) is 0 Å². The Bertz CT molecular complexity index is 378. The van der Waals surface area contributed by atoms with Gasteiger partial charge in [-0.15, -0.1) is 0 Å². The minimum atomic E-state index is -0.171. The number of anilines is 1. The summed E-state index contributed by atoms with van der Waals surface area (Å²) in [5.74, 6) is 0.444. The smallest absolute Gasteiger partial charge is 0.290 e. The normalized spacial score (nSPS) is 21.7. The van der Waals surface area contributed by atoms with Crippen LogP contribution < -0.4 is 16.2 Å². The summed E-state index contributed by atoms with van der Waals surface area (Å²) >= 11 is 0. The second-order valence-electron chi connectivity index (χ2n) is 3.42. The Labute approximate surface area is 87.1 Å². The van der Waals surface area contributed by atoms with Gasteiger partial charge in [0, 0.05) is 32.0 Å². The molecule has 0 bridgehead atoms. The van der Waals surface area contributed by atoms with Crippen molar-refractivity contribution in [1.29, 1.82) is 0 Å². The van der Waals surface area contributed by atoms with Gasteiger partial charge in [0.05, 0.1) is 12.7 Å². The highest BCUT2D eigenvalue weighted by Crippen LogP contribution is 2.09. The number of hydrogen-bond donors (Lipinski definition) is 2. The number of ether oxygens (including phenoxy) is 1. The van der Waals surface area contributed by atoms with Gasteiger partial charge in [0.15, 0.2) is 5.82 Å². The van der Waals surface area contributed by atoms with Crippen LogP contribution in [0.3, 0.4) is 0 Å². The lowest BCUT2D eigenvalue weighted by atomic mass is 10.3. The maximum atomic E-state index is 11.5.